The van der Waals surface area contributed by atoms with Crippen molar-refractivity contribution in [1.82, 2.24) is 0 Å². The van der Waals surface area contributed by atoms with Gasteiger partial charge >= 0.3 is 27.3 Å². The first-order valence-corrected chi connectivity index (χ1v) is 0. The molecule has 0 rings (SSSR count). The average Bonchev–Trinajstić information content (AvgIpc) is 0. The summed E-state index contributed by atoms with van der Waals surface area (Å²) in [5, 5.41) is 0. The zero-order valence-electron chi connectivity index (χ0n) is 2.39. The third-order valence-electron chi connectivity index (χ3n) is 0. The van der Waals surface area contributed by atoms with Crippen LogP contribution in [0.2, 0.25) is 0 Å². The van der Waals surface area contributed by atoms with Gasteiger partial charge in [0.05, 0.1) is 0 Å². The normalized spacial score (nSPS) is 0. The SMILES string of the molecule is [B+3].[Li+].[S-2].[S-2]. The fourth-order valence-electron chi connectivity index (χ4n) is 0. The quantitative estimate of drug-likeness (QED) is 0.267. The molecule has 4 heavy (non-hydrogen) atoms. The van der Waals surface area contributed by atoms with E-state index >= 15 is 0 Å². The molecule has 16 valence electrons. The molecule has 0 amide bonds. The second-order valence-electron chi connectivity index (χ2n) is 0. The van der Waals surface area contributed by atoms with Gasteiger partial charge in [-0.05, 0) is 0 Å². The summed E-state index contributed by atoms with van der Waals surface area (Å²) >= 11 is 0. The molecule has 0 nitrogen and oxygen atoms in total. The molecule has 4 heteroatoms. The van der Waals surface area contributed by atoms with Gasteiger partial charge in [-0.15, -0.1) is 0 Å². The first kappa shape index (κ1) is 55.0. The van der Waals surface area contributed by atoms with Crippen LogP contribution in [0.5, 0.6) is 0 Å². The maximum atomic E-state index is 0. The summed E-state index contributed by atoms with van der Waals surface area (Å²) < 4.78 is 0. The first-order valence-electron chi connectivity index (χ1n) is 0. The minimum absolute atomic E-state index is 0. The van der Waals surface area contributed by atoms with Gasteiger partial charge in [0.1, 0.15) is 0 Å². The van der Waals surface area contributed by atoms with Crippen molar-refractivity contribution in [3.05, 3.63) is 0 Å². The van der Waals surface area contributed by atoms with Crippen LogP contribution in [0.25, 0.3) is 0 Å². The van der Waals surface area contributed by atoms with E-state index in [2.05, 4.69) is 0 Å². The summed E-state index contributed by atoms with van der Waals surface area (Å²) in [5.41, 5.74) is 0. The molecule has 0 aromatic carbocycles. The summed E-state index contributed by atoms with van der Waals surface area (Å²) in [6.45, 7) is 0. The van der Waals surface area contributed by atoms with Crippen molar-refractivity contribution in [3.63, 3.8) is 0 Å². The van der Waals surface area contributed by atoms with Crippen molar-refractivity contribution in [3.8, 4) is 0 Å². The van der Waals surface area contributed by atoms with Gasteiger partial charge in [0.25, 0.3) is 0 Å². The van der Waals surface area contributed by atoms with Crippen LogP contribution >= 0.6 is 0 Å². The van der Waals surface area contributed by atoms with Gasteiger partial charge in [0.15, 0.2) is 0 Å². The largest absolute Gasteiger partial charge is 3.00 e. The number of hydrogen-bond acceptors (Lipinski definition) is 0. The fourth-order valence-corrected chi connectivity index (χ4v) is 0. The third kappa shape index (κ3) is 10.1. The summed E-state index contributed by atoms with van der Waals surface area (Å²) in [7, 11) is 0. The van der Waals surface area contributed by atoms with E-state index in [4.69, 9.17) is 0 Å². The molecule has 0 fully saturated rings. The molecule has 0 unspecified atom stereocenters. The Balaban J connectivity index is 0. The van der Waals surface area contributed by atoms with E-state index in [0.29, 0.717) is 0 Å². The third-order valence-corrected chi connectivity index (χ3v) is 0. The van der Waals surface area contributed by atoms with Crippen molar-refractivity contribution in [2.45, 2.75) is 0 Å². The van der Waals surface area contributed by atoms with E-state index in [-0.39, 0.29) is 54.3 Å². The van der Waals surface area contributed by atoms with Crippen LogP contribution in [0, 0.1) is 0 Å². The van der Waals surface area contributed by atoms with E-state index in [1.54, 1.807) is 0 Å². The number of hydrogen-bond donors (Lipinski definition) is 0. The van der Waals surface area contributed by atoms with Crippen molar-refractivity contribution in [2.24, 2.45) is 0 Å². The van der Waals surface area contributed by atoms with Gasteiger partial charge in [-0.3, -0.25) is 0 Å². The van der Waals surface area contributed by atoms with E-state index in [9.17, 15) is 0 Å². The van der Waals surface area contributed by atoms with Crippen molar-refractivity contribution in [2.75, 3.05) is 0 Å². The molecule has 0 heterocycles. The molecule has 0 aromatic heterocycles. The molecule has 0 aliphatic rings. The van der Waals surface area contributed by atoms with Crippen LogP contribution < -0.4 is 18.9 Å². The van der Waals surface area contributed by atoms with Crippen molar-refractivity contribution < 1.29 is 18.9 Å². The Morgan fingerprint density at radius 1 is 0.750 bits per heavy atom. The fraction of sp³-hybridized carbons (Fsp3) is 0. The van der Waals surface area contributed by atoms with Gasteiger partial charge in [0, 0.05) is 0 Å². The second-order valence-corrected chi connectivity index (χ2v) is 0. The van der Waals surface area contributed by atoms with Crippen LogP contribution in [0.3, 0.4) is 0 Å². The Labute approximate surface area is 54.4 Å². The smallest absolute Gasteiger partial charge is 2.00 e. The standard InChI is InChI=1S/B.Li.2S/q+3;+1;2*-2. The second kappa shape index (κ2) is 26.6. The zero-order valence-corrected chi connectivity index (χ0v) is 4.03. The first-order chi connectivity index (χ1) is 0. The van der Waals surface area contributed by atoms with E-state index in [0.717, 1.165) is 0 Å². The summed E-state index contributed by atoms with van der Waals surface area (Å²) in [6.07, 6.45) is 0. The molecular weight excluding hydrogens is 81.9 g/mol. The Morgan fingerprint density at radius 2 is 0.750 bits per heavy atom. The maximum absolute atomic E-state index is 0. The minimum Gasteiger partial charge on any atom is -2.00 e. The van der Waals surface area contributed by atoms with Gasteiger partial charge in [-0.2, -0.15) is 0 Å². The van der Waals surface area contributed by atoms with Crippen LogP contribution in [-0.4, -0.2) is 8.41 Å². The molecule has 0 aromatic rings. The molecule has 0 spiro atoms. The van der Waals surface area contributed by atoms with E-state index in [1.807, 2.05) is 0 Å². The molecule has 0 aliphatic heterocycles. The summed E-state index contributed by atoms with van der Waals surface area (Å²) in [5.74, 6) is 0. The Hall–Kier alpha value is 1.36. The van der Waals surface area contributed by atoms with Crippen LogP contribution in [0.15, 0.2) is 0 Å². The summed E-state index contributed by atoms with van der Waals surface area (Å²) in [6, 6.07) is 0. The molecular formula is BLiS2. The van der Waals surface area contributed by atoms with Gasteiger partial charge in [0.2, 0.25) is 0 Å². The molecule has 0 aliphatic carbocycles. The van der Waals surface area contributed by atoms with Gasteiger partial charge in [-0.1, -0.05) is 0 Å². The molecule has 0 bridgehead atoms. The van der Waals surface area contributed by atoms with Crippen LogP contribution in [0.1, 0.15) is 0 Å². The molecule has 0 atom stereocenters. The molecule has 0 saturated heterocycles. The molecule has 0 radical (unpaired) electrons. The van der Waals surface area contributed by atoms with Crippen molar-refractivity contribution >= 4 is 35.4 Å². The minimum atomic E-state index is 0. The average molecular weight is 81.9 g/mol. The topological polar surface area (TPSA) is 0 Å². The monoisotopic (exact) mass is 82.0 g/mol. The molecule has 0 saturated carbocycles. The van der Waals surface area contributed by atoms with E-state index in [1.165, 1.54) is 0 Å². The zero-order chi connectivity index (χ0) is 0. The van der Waals surface area contributed by atoms with E-state index < -0.39 is 0 Å². The predicted molar refractivity (Wildman–Crippen MR) is 20.5 cm³/mol. The van der Waals surface area contributed by atoms with Gasteiger partial charge < -0.3 is 27.0 Å². The van der Waals surface area contributed by atoms with Gasteiger partial charge in [-0.25, -0.2) is 0 Å². The van der Waals surface area contributed by atoms with Crippen LogP contribution in [-0.2, 0) is 27.0 Å². The predicted octanol–water partition coefficient (Wildman–Crippen LogP) is -3.38. The van der Waals surface area contributed by atoms with Crippen LogP contribution in [0.4, 0.5) is 0 Å². The Kier molecular flexibility index (Phi) is 365. The Bertz CT molecular complexity index is 6.00. The maximum Gasteiger partial charge on any atom is 3.00 e. The van der Waals surface area contributed by atoms with Crippen molar-refractivity contribution in [1.29, 1.82) is 0 Å². The summed E-state index contributed by atoms with van der Waals surface area (Å²) in [4.78, 5) is 0. The Morgan fingerprint density at radius 3 is 0.750 bits per heavy atom. The molecule has 0 N–H and O–H groups in total. The number of rotatable bonds is 0.